The maximum absolute atomic E-state index is 11.8. The molecule has 2 aromatic heterocycles. The highest BCUT2D eigenvalue weighted by Gasteiger charge is 2.19. The van der Waals surface area contributed by atoms with Crippen LogP contribution in [0.3, 0.4) is 0 Å². The molecule has 0 fully saturated rings. The molecular weight excluding hydrogens is 250 g/mol. The van der Waals surface area contributed by atoms with Crippen molar-refractivity contribution >= 4 is 16.5 Å². The number of rotatable bonds is 2. The van der Waals surface area contributed by atoms with Crippen LogP contribution in [0, 0.1) is 0 Å². The fraction of sp³-hybridized carbons (Fsp3) is 0.455. The molecule has 0 saturated carbocycles. The van der Waals surface area contributed by atoms with Crippen LogP contribution in [0.25, 0.3) is 10.6 Å². The number of H-pyrrole nitrogens is 1. The summed E-state index contributed by atoms with van der Waals surface area (Å²) in [5.41, 5.74) is 0.948. The molecule has 0 amide bonds. The lowest BCUT2D eigenvalue weighted by Crippen LogP contribution is -2.20. The third-order valence-corrected chi connectivity index (χ3v) is 3.42. The maximum Gasteiger partial charge on any atom is 0.274 e. The van der Waals surface area contributed by atoms with Crippen molar-refractivity contribution in [1.29, 1.82) is 0 Å². The average Bonchev–Trinajstić information content (AvgIpc) is 2.76. The van der Waals surface area contributed by atoms with Crippen LogP contribution in [-0.4, -0.2) is 27.4 Å². The van der Waals surface area contributed by atoms with Gasteiger partial charge in [-0.15, -0.1) is 10.2 Å². The van der Waals surface area contributed by atoms with Gasteiger partial charge < -0.3 is 5.32 Å². The van der Waals surface area contributed by atoms with Gasteiger partial charge in [-0.25, -0.2) is 5.10 Å². The lowest BCUT2D eigenvalue weighted by Gasteiger charge is -2.16. The van der Waals surface area contributed by atoms with Gasteiger partial charge in [0, 0.05) is 12.5 Å². The monoisotopic (exact) mass is 265 g/mol. The van der Waals surface area contributed by atoms with Crippen molar-refractivity contribution in [3.63, 3.8) is 0 Å². The SMILES string of the molecule is CNc1nnc(-c2cc(C(C)(C)C)n[nH]c2=O)s1. The summed E-state index contributed by atoms with van der Waals surface area (Å²) in [5, 5.41) is 18.7. The Hall–Kier alpha value is -1.76. The summed E-state index contributed by atoms with van der Waals surface area (Å²) in [4.78, 5) is 11.8. The minimum Gasteiger partial charge on any atom is -0.363 e. The zero-order valence-corrected chi connectivity index (χ0v) is 11.6. The fourth-order valence-corrected chi connectivity index (χ4v) is 2.09. The van der Waals surface area contributed by atoms with E-state index in [1.165, 1.54) is 11.3 Å². The Bertz CT molecular complexity index is 610. The Kier molecular flexibility index (Phi) is 3.16. The third kappa shape index (κ3) is 2.40. The predicted octanol–water partition coefficient (Wildman–Crippen LogP) is 1.63. The van der Waals surface area contributed by atoms with Crippen molar-refractivity contribution in [2.24, 2.45) is 0 Å². The van der Waals surface area contributed by atoms with E-state index in [1.54, 1.807) is 13.1 Å². The molecule has 0 aliphatic carbocycles. The van der Waals surface area contributed by atoms with Crippen molar-refractivity contribution in [1.82, 2.24) is 20.4 Å². The topological polar surface area (TPSA) is 83.6 Å². The van der Waals surface area contributed by atoms with Crippen LogP contribution >= 0.6 is 11.3 Å². The van der Waals surface area contributed by atoms with E-state index in [9.17, 15) is 4.79 Å². The first kappa shape index (κ1) is 12.7. The number of hydrogen-bond donors (Lipinski definition) is 2. The van der Waals surface area contributed by atoms with Crippen LogP contribution in [0.15, 0.2) is 10.9 Å². The normalized spacial score (nSPS) is 11.6. The van der Waals surface area contributed by atoms with E-state index < -0.39 is 0 Å². The first-order chi connectivity index (χ1) is 8.41. The van der Waals surface area contributed by atoms with E-state index in [0.29, 0.717) is 15.7 Å². The van der Waals surface area contributed by atoms with Gasteiger partial charge in [-0.2, -0.15) is 5.10 Å². The van der Waals surface area contributed by atoms with Crippen molar-refractivity contribution in [3.8, 4) is 10.6 Å². The molecule has 6 nitrogen and oxygen atoms in total. The van der Waals surface area contributed by atoms with Gasteiger partial charge in [0.05, 0.1) is 11.3 Å². The second-order valence-corrected chi connectivity index (χ2v) is 5.89. The van der Waals surface area contributed by atoms with E-state index in [2.05, 4.69) is 25.7 Å². The second kappa shape index (κ2) is 4.49. The van der Waals surface area contributed by atoms with E-state index in [4.69, 9.17) is 0 Å². The van der Waals surface area contributed by atoms with Gasteiger partial charge >= 0.3 is 0 Å². The summed E-state index contributed by atoms with van der Waals surface area (Å²) in [6, 6.07) is 1.78. The van der Waals surface area contributed by atoms with Gasteiger partial charge in [0.15, 0.2) is 5.01 Å². The minimum atomic E-state index is -0.248. The Morgan fingerprint density at radius 2 is 2.06 bits per heavy atom. The molecule has 2 aromatic rings. The molecule has 0 unspecified atom stereocenters. The first-order valence-electron chi connectivity index (χ1n) is 5.53. The van der Waals surface area contributed by atoms with Gasteiger partial charge in [-0.3, -0.25) is 4.79 Å². The van der Waals surface area contributed by atoms with Crippen LogP contribution in [0.5, 0.6) is 0 Å². The van der Waals surface area contributed by atoms with Crippen LogP contribution in [-0.2, 0) is 5.41 Å². The Morgan fingerprint density at radius 3 is 2.61 bits per heavy atom. The van der Waals surface area contributed by atoms with E-state index in [1.807, 2.05) is 20.8 Å². The van der Waals surface area contributed by atoms with Crippen LogP contribution in [0.1, 0.15) is 26.5 Å². The summed E-state index contributed by atoms with van der Waals surface area (Å²) < 4.78 is 0. The van der Waals surface area contributed by atoms with Gasteiger partial charge in [0.25, 0.3) is 5.56 Å². The number of aromatic amines is 1. The molecule has 0 saturated heterocycles. The van der Waals surface area contributed by atoms with Gasteiger partial charge in [0.1, 0.15) is 0 Å². The predicted molar refractivity (Wildman–Crippen MR) is 72.0 cm³/mol. The molecule has 0 bridgehead atoms. The number of nitrogens with zero attached hydrogens (tertiary/aromatic N) is 3. The number of aromatic nitrogens is 4. The van der Waals surface area contributed by atoms with Crippen LogP contribution in [0.2, 0.25) is 0 Å². The number of anilines is 1. The standard InChI is InChI=1S/C11H15N5OS/c1-11(2,3)7-5-6(8(17)14-13-7)9-15-16-10(12-4)18-9/h5H,1-4H3,(H,12,16)(H,14,17). The largest absolute Gasteiger partial charge is 0.363 e. The molecule has 96 valence electrons. The van der Waals surface area contributed by atoms with Gasteiger partial charge in [0.2, 0.25) is 5.13 Å². The minimum absolute atomic E-state index is 0.129. The van der Waals surface area contributed by atoms with E-state index >= 15 is 0 Å². The van der Waals surface area contributed by atoms with Crippen LogP contribution < -0.4 is 10.9 Å². The summed E-state index contributed by atoms with van der Waals surface area (Å²) in [5.74, 6) is 0. The lowest BCUT2D eigenvalue weighted by atomic mass is 9.91. The Balaban J connectivity index is 2.53. The summed E-state index contributed by atoms with van der Waals surface area (Å²) in [6.45, 7) is 6.11. The van der Waals surface area contributed by atoms with Crippen molar-refractivity contribution in [2.75, 3.05) is 12.4 Å². The van der Waals surface area contributed by atoms with E-state index in [0.717, 1.165) is 5.69 Å². The second-order valence-electron chi connectivity index (χ2n) is 4.91. The van der Waals surface area contributed by atoms with E-state index in [-0.39, 0.29) is 11.0 Å². The first-order valence-corrected chi connectivity index (χ1v) is 6.35. The van der Waals surface area contributed by atoms with Crippen molar-refractivity contribution < 1.29 is 0 Å². The Labute approximate surface area is 108 Å². The molecule has 2 heterocycles. The highest BCUT2D eigenvalue weighted by molar-refractivity contribution is 7.18. The molecule has 2 rings (SSSR count). The quantitative estimate of drug-likeness (QED) is 0.862. The number of nitrogens with one attached hydrogen (secondary N) is 2. The zero-order valence-electron chi connectivity index (χ0n) is 10.7. The van der Waals surface area contributed by atoms with Crippen molar-refractivity contribution in [3.05, 3.63) is 22.1 Å². The van der Waals surface area contributed by atoms with Crippen molar-refractivity contribution in [2.45, 2.75) is 26.2 Å². The summed E-state index contributed by atoms with van der Waals surface area (Å²) in [6.07, 6.45) is 0. The lowest BCUT2D eigenvalue weighted by molar-refractivity contribution is 0.557. The summed E-state index contributed by atoms with van der Waals surface area (Å²) >= 11 is 1.34. The molecule has 7 heteroatoms. The third-order valence-electron chi connectivity index (χ3n) is 2.44. The van der Waals surface area contributed by atoms with Crippen LogP contribution in [0.4, 0.5) is 5.13 Å². The zero-order chi connectivity index (χ0) is 13.3. The summed E-state index contributed by atoms with van der Waals surface area (Å²) in [7, 11) is 1.77. The molecule has 2 N–H and O–H groups in total. The molecule has 18 heavy (non-hydrogen) atoms. The average molecular weight is 265 g/mol. The molecular formula is C11H15N5OS. The molecule has 0 aromatic carbocycles. The molecule has 0 aliphatic heterocycles. The molecule has 0 atom stereocenters. The smallest absolute Gasteiger partial charge is 0.274 e. The Morgan fingerprint density at radius 1 is 1.33 bits per heavy atom. The van der Waals surface area contributed by atoms with Gasteiger partial charge in [-0.1, -0.05) is 32.1 Å². The number of hydrogen-bond acceptors (Lipinski definition) is 6. The highest BCUT2D eigenvalue weighted by Crippen LogP contribution is 2.26. The molecule has 0 radical (unpaired) electrons. The molecule has 0 spiro atoms. The highest BCUT2D eigenvalue weighted by atomic mass is 32.1. The molecule has 0 aliphatic rings. The maximum atomic E-state index is 11.8. The van der Waals surface area contributed by atoms with Gasteiger partial charge in [-0.05, 0) is 6.07 Å². The fourth-order valence-electron chi connectivity index (χ4n) is 1.38.